The first kappa shape index (κ1) is 22.4. The van der Waals surface area contributed by atoms with Crippen LogP contribution in [0.15, 0.2) is 88.8 Å². The van der Waals surface area contributed by atoms with Crippen molar-refractivity contribution in [2.45, 2.75) is 36.8 Å². The molecule has 0 saturated heterocycles. The predicted molar refractivity (Wildman–Crippen MR) is 141 cm³/mol. The van der Waals surface area contributed by atoms with Crippen LogP contribution in [-0.2, 0) is 11.2 Å². The average molecular weight is 441 g/mol. The molecule has 0 unspecified atom stereocenters. The molecule has 0 bridgehead atoms. The molecule has 3 aromatic rings. The Kier molecular flexibility index (Phi) is 6.86. The van der Waals surface area contributed by atoms with Crippen molar-refractivity contribution in [3.63, 3.8) is 0 Å². The largest absolute Gasteiger partial charge is 0.372 e. The Morgan fingerprint density at radius 1 is 0.906 bits per heavy atom. The minimum Gasteiger partial charge on any atom is -0.372 e. The van der Waals surface area contributed by atoms with Gasteiger partial charge in [-0.1, -0.05) is 87.5 Å². The molecule has 0 N–H and O–H groups in total. The minimum absolute atomic E-state index is 0.192. The van der Waals surface area contributed by atoms with E-state index in [0.29, 0.717) is 0 Å². The van der Waals surface area contributed by atoms with Crippen LogP contribution >= 0.6 is 11.8 Å². The zero-order chi connectivity index (χ0) is 22.6. The first-order valence-electron chi connectivity index (χ1n) is 11.3. The van der Waals surface area contributed by atoms with Crippen molar-refractivity contribution in [2.75, 3.05) is 25.0 Å². The standard InChI is InChI=1S/C29H32N2S/c1-29(2,3)24-16-13-22(14-17-24)21-32-28-12-8-5-9-23(28)15-18-26-25-10-6-7-11-27(25)31(4)20-19-30-26/h5-18H,19-21H2,1-4H3. The van der Waals surface area contributed by atoms with Gasteiger partial charge < -0.3 is 4.90 Å². The van der Waals surface area contributed by atoms with Gasteiger partial charge in [-0.2, -0.15) is 0 Å². The van der Waals surface area contributed by atoms with E-state index in [2.05, 4.69) is 118 Å². The highest BCUT2D eigenvalue weighted by molar-refractivity contribution is 7.98. The molecule has 0 atom stereocenters. The molecule has 1 heterocycles. The van der Waals surface area contributed by atoms with Crippen LogP contribution in [0.25, 0.3) is 6.08 Å². The number of likely N-dealkylation sites (N-methyl/N-ethyl adjacent to an activating group) is 1. The fourth-order valence-electron chi connectivity index (χ4n) is 3.87. The summed E-state index contributed by atoms with van der Waals surface area (Å²) in [6.07, 6.45) is 4.39. The van der Waals surface area contributed by atoms with Gasteiger partial charge in [0, 0.05) is 35.5 Å². The van der Waals surface area contributed by atoms with Gasteiger partial charge in [0.15, 0.2) is 0 Å². The zero-order valence-electron chi connectivity index (χ0n) is 19.5. The number of nitrogens with zero attached hydrogens (tertiary/aromatic N) is 2. The van der Waals surface area contributed by atoms with Crippen molar-refractivity contribution in [3.8, 4) is 0 Å². The van der Waals surface area contributed by atoms with E-state index >= 15 is 0 Å². The summed E-state index contributed by atoms with van der Waals surface area (Å²) in [5, 5.41) is 0. The number of aliphatic imine (C=N–C) groups is 1. The van der Waals surface area contributed by atoms with E-state index in [0.717, 1.165) is 24.6 Å². The fourth-order valence-corrected chi connectivity index (χ4v) is 4.86. The lowest BCUT2D eigenvalue weighted by atomic mass is 9.87. The lowest BCUT2D eigenvalue weighted by Crippen LogP contribution is -2.20. The second-order valence-corrected chi connectivity index (χ2v) is 10.3. The number of anilines is 1. The van der Waals surface area contributed by atoms with Crippen LogP contribution in [0.4, 0.5) is 5.69 Å². The Labute approximate surface area is 197 Å². The number of benzene rings is 3. The van der Waals surface area contributed by atoms with Crippen LogP contribution in [0.1, 0.15) is 43.0 Å². The van der Waals surface area contributed by atoms with Crippen molar-refractivity contribution in [2.24, 2.45) is 4.99 Å². The van der Waals surface area contributed by atoms with Crippen LogP contribution in [0, 0.1) is 0 Å². The molecule has 0 radical (unpaired) electrons. The van der Waals surface area contributed by atoms with Crippen LogP contribution < -0.4 is 4.90 Å². The van der Waals surface area contributed by atoms with E-state index in [4.69, 9.17) is 4.99 Å². The molecule has 2 nitrogen and oxygen atoms in total. The van der Waals surface area contributed by atoms with Crippen LogP contribution in [0.5, 0.6) is 0 Å². The summed E-state index contributed by atoms with van der Waals surface area (Å²) < 4.78 is 0. The smallest absolute Gasteiger partial charge is 0.0668 e. The Balaban J connectivity index is 1.51. The third-order valence-corrected chi connectivity index (χ3v) is 7.02. The van der Waals surface area contributed by atoms with E-state index in [1.165, 1.54) is 32.8 Å². The van der Waals surface area contributed by atoms with Gasteiger partial charge in [-0.25, -0.2) is 0 Å². The summed E-state index contributed by atoms with van der Waals surface area (Å²) >= 11 is 1.89. The van der Waals surface area contributed by atoms with Crippen molar-refractivity contribution >= 4 is 29.2 Å². The minimum atomic E-state index is 0.192. The molecule has 3 heteroatoms. The fraction of sp³-hybridized carbons (Fsp3) is 0.276. The summed E-state index contributed by atoms with van der Waals surface area (Å²) in [6, 6.07) is 26.2. The van der Waals surface area contributed by atoms with Crippen molar-refractivity contribution in [1.82, 2.24) is 0 Å². The average Bonchev–Trinajstić information content (AvgIpc) is 2.95. The van der Waals surface area contributed by atoms with Gasteiger partial charge in [-0.15, -0.1) is 11.8 Å². The van der Waals surface area contributed by atoms with Crippen molar-refractivity contribution in [3.05, 3.63) is 101 Å². The van der Waals surface area contributed by atoms with Gasteiger partial charge in [0.2, 0.25) is 0 Å². The maximum atomic E-state index is 4.86. The van der Waals surface area contributed by atoms with Crippen LogP contribution in [-0.4, -0.2) is 25.8 Å². The first-order valence-corrected chi connectivity index (χ1v) is 12.2. The van der Waals surface area contributed by atoms with Gasteiger partial charge in [0.25, 0.3) is 0 Å². The highest BCUT2D eigenvalue weighted by Crippen LogP contribution is 2.29. The lowest BCUT2D eigenvalue weighted by molar-refractivity contribution is 0.590. The van der Waals surface area contributed by atoms with Gasteiger partial charge in [0.1, 0.15) is 0 Å². The number of hydrogen-bond acceptors (Lipinski definition) is 3. The first-order chi connectivity index (χ1) is 15.4. The molecule has 0 spiro atoms. The molecule has 3 aromatic carbocycles. The number of thioether (sulfide) groups is 1. The monoisotopic (exact) mass is 440 g/mol. The molecule has 4 rings (SSSR count). The third kappa shape index (κ3) is 5.34. The van der Waals surface area contributed by atoms with E-state index in [1.807, 2.05) is 11.8 Å². The zero-order valence-corrected chi connectivity index (χ0v) is 20.3. The number of fused-ring (bicyclic) bond motifs is 1. The molecule has 0 aromatic heterocycles. The molecular formula is C29H32N2S. The number of benzodiazepines with no additional fused rings is 1. The van der Waals surface area contributed by atoms with Gasteiger partial charge >= 0.3 is 0 Å². The molecule has 32 heavy (non-hydrogen) atoms. The van der Waals surface area contributed by atoms with Crippen molar-refractivity contribution < 1.29 is 0 Å². The predicted octanol–water partition coefficient (Wildman–Crippen LogP) is 7.23. The van der Waals surface area contributed by atoms with Crippen LogP contribution in [0.2, 0.25) is 0 Å². The second kappa shape index (κ2) is 9.79. The summed E-state index contributed by atoms with van der Waals surface area (Å²) in [7, 11) is 2.14. The number of rotatable bonds is 5. The molecule has 0 saturated carbocycles. The maximum Gasteiger partial charge on any atom is 0.0668 e. The van der Waals surface area contributed by atoms with Gasteiger partial charge in [-0.3, -0.25) is 4.99 Å². The van der Waals surface area contributed by atoms with Crippen LogP contribution in [0.3, 0.4) is 0 Å². The van der Waals surface area contributed by atoms with E-state index < -0.39 is 0 Å². The van der Waals surface area contributed by atoms with E-state index in [1.54, 1.807) is 0 Å². The van der Waals surface area contributed by atoms with Crippen molar-refractivity contribution in [1.29, 1.82) is 0 Å². The normalized spacial score (nSPS) is 14.2. The lowest BCUT2D eigenvalue weighted by Gasteiger charge is -2.19. The maximum absolute atomic E-state index is 4.86. The quantitative estimate of drug-likeness (QED) is 0.389. The summed E-state index contributed by atoms with van der Waals surface area (Å²) in [5.74, 6) is 0.962. The summed E-state index contributed by atoms with van der Waals surface area (Å²) in [4.78, 5) is 8.44. The Hall–Kier alpha value is -2.78. The number of hydrogen-bond donors (Lipinski definition) is 0. The molecule has 1 aliphatic rings. The van der Waals surface area contributed by atoms with Gasteiger partial charge in [0.05, 0.1) is 12.3 Å². The third-order valence-electron chi connectivity index (χ3n) is 5.86. The Morgan fingerprint density at radius 2 is 1.62 bits per heavy atom. The van der Waals surface area contributed by atoms with E-state index in [-0.39, 0.29) is 5.41 Å². The second-order valence-electron chi connectivity index (χ2n) is 9.31. The summed E-state index contributed by atoms with van der Waals surface area (Å²) in [6.45, 7) is 8.53. The molecule has 0 aliphatic carbocycles. The molecule has 1 aliphatic heterocycles. The molecule has 0 fully saturated rings. The van der Waals surface area contributed by atoms with E-state index in [9.17, 15) is 0 Å². The molecular weight excluding hydrogens is 408 g/mol. The number of allylic oxidation sites excluding steroid dienone is 1. The molecule has 164 valence electrons. The van der Waals surface area contributed by atoms with Gasteiger partial charge in [-0.05, 0) is 40.3 Å². The topological polar surface area (TPSA) is 15.6 Å². The summed E-state index contributed by atoms with van der Waals surface area (Å²) in [5.41, 5.74) is 7.67. The molecule has 0 amide bonds. The Morgan fingerprint density at radius 3 is 2.41 bits per heavy atom. The highest BCUT2D eigenvalue weighted by atomic mass is 32.2. The SMILES string of the molecule is CN1CCN=C(C=Cc2ccccc2SCc2ccc(C(C)(C)C)cc2)c2ccccc21. The highest BCUT2D eigenvalue weighted by Gasteiger charge is 2.14. The Bertz CT molecular complexity index is 1120. The number of para-hydroxylation sites is 1.